The molecule has 1 aliphatic rings. The van der Waals surface area contributed by atoms with Gasteiger partial charge in [0.1, 0.15) is 0 Å². The molecule has 16 heavy (non-hydrogen) atoms. The molecule has 0 heterocycles. The summed E-state index contributed by atoms with van der Waals surface area (Å²) in [7, 11) is 1.44. The van der Waals surface area contributed by atoms with E-state index in [-0.39, 0.29) is 5.97 Å². The fraction of sp³-hybridized carbons (Fsp3) is 0.923. The summed E-state index contributed by atoms with van der Waals surface area (Å²) in [6, 6.07) is 0. The van der Waals surface area contributed by atoms with E-state index in [9.17, 15) is 4.79 Å². The summed E-state index contributed by atoms with van der Waals surface area (Å²) in [6.45, 7) is 4.41. The molecule has 0 bridgehead atoms. The summed E-state index contributed by atoms with van der Waals surface area (Å²) in [5, 5.41) is 0. The van der Waals surface area contributed by atoms with Crippen LogP contribution < -0.4 is 0 Å². The second kappa shape index (κ2) is 6.24. The maximum absolute atomic E-state index is 11.6. The smallest absolute Gasteiger partial charge is 0.313 e. The lowest BCUT2D eigenvalue weighted by molar-refractivity contribution is -0.157. The van der Waals surface area contributed by atoms with Gasteiger partial charge in [0.25, 0.3) is 0 Å². The Morgan fingerprint density at radius 1 is 1.31 bits per heavy atom. The van der Waals surface area contributed by atoms with Crippen molar-refractivity contribution in [3.8, 4) is 0 Å². The van der Waals surface area contributed by atoms with Crippen LogP contribution in [0.15, 0.2) is 0 Å². The maximum atomic E-state index is 11.6. The number of carbonyl (C=O) groups excluding carboxylic acids is 1. The minimum Gasteiger partial charge on any atom is -0.469 e. The van der Waals surface area contributed by atoms with Gasteiger partial charge < -0.3 is 9.47 Å². The molecule has 3 nitrogen and oxygen atoms in total. The van der Waals surface area contributed by atoms with Gasteiger partial charge in [0, 0.05) is 0 Å². The predicted octanol–water partition coefficient (Wildman–Crippen LogP) is 2.93. The van der Waals surface area contributed by atoms with Crippen LogP contribution in [0.4, 0.5) is 0 Å². The van der Waals surface area contributed by atoms with Gasteiger partial charge in [-0.2, -0.15) is 0 Å². The number of methoxy groups -OCH3 is 1. The molecule has 0 spiro atoms. The minimum atomic E-state index is -0.480. The molecule has 1 aliphatic carbocycles. The number of esters is 1. The van der Waals surface area contributed by atoms with Crippen LogP contribution in [-0.4, -0.2) is 25.8 Å². The van der Waals surface area contributed by atoms with E-state index in [1.54, 1.807) is 0 Å². The molecule has 0 aromatic carbocycles. The third-order valence-electron chi connectivity index (χ3n) is 3.65. The molecular weight excluding hydrogens is 204 g/mol. The molecule has 0 saturated heterocycles. The Kier molecular flexibility index (Phi) is 5.26. The van der Waals surface area contributed by atoms with Crippen LogP contribution in [0.3, 0.4) is 0 Å². The van der Waals surface area contributed by atoms with E-state index in [1.165, 1.54) is 26.4 Å². The van der Waals surface area contributed by atoms with Gasteiger partial charge in [-0.3, -0.25) is 4.79 Å². The third kappa shape index (κ3) is 3.48. The van der Waals surface area contributed by atoms with Crippen LogP contribution in [0.5, 0.6) is 0 Å². The highest BCUT2D eigenvalue weighted by Gasteiger charge is 2.33. The highest BCUT2D eigenvalue weighted by molar-refractivity contribution is 5.76. The number of hydrogen-bond donors (Lipinski definition) is 0. The Morgan fingerprint density at radius 2 is 1.94 bits per heavy atom. The van der Waals surface area contributed by atoms with Crippen molar-refractivity contribution < 1.29 is 14.3 Å². The van der Waals surface area contributed by atoms with E-state index in [1.807, 2.05) is 13.8 Å². The van der Waals surface area contributed by atoms with E-state index >= 15 is 0 Å². The molecule has 1 saturated carbocycles. The van der Waals surface area contributed by atoms with Crippen LogP contribution in [0.25, 0.3) is 0 Å². The van der Waals surface area contributed by atoms with Crippen molar-refractivity contribution in [3.05, 3.63) is 0 Å². The summed E-state index contributed by atoms with van der Waals surface area (Å²) in [4.78, 5) is 11.6. The summed E-state index contributed by atoms with van der Waals surface area (Å²) in [6.07, 6.45) is 7.22. The minimum absolute atomic E-state index is 0.161. The standard InChI is InChI=1S/C13H24O3/c1-4-13(2,12(14)15-3)10-16-11-8-6-5-7-9-11/h11H,4-10H2,1-3H3. The molecule has 0 aromatic rings. The first-order chi connectivity index (χ1) is 7.62. The molecule has 1 atom stereocenters. The van der Waals surface area contributed by atoms with Gasteiger partial charge >= 0.3 is 5.97 Å². The Bertz CT molecular complexity index is 221. The first kappa shape index (κ1) is 13.5. The lowest BCUT2D eigenvalue weighted by Crippen LogP contribution is -2.35. The molecule has 3 heteroatoms. The molecule has 1 rings (SSSR count). The number of ether oxygens (including phenoxy) is 2. The molecule has 0 amide bonds. The summed E-state index contributed by atoms with van der Waals surface area (Å²) in [5.41, 5.74) is -0.480. The molecule has 1 unspecified atom stereocenters. The SMILES string of the molecule is CCC(C)(COC1CCCCC1)C(=O)OC. The van der Waals surface area contributed by atoms with Gasteiger partial charge in [0.2, 0.25) is 0 Å². The Balaban J connectivity index is 2.40. The highest BCUT2D eigenvalue weighted by Crippen LogP contribution is 2.27. The molecule has 1 fully saturated rings. The molecule has 0 aliphatic heterocycles. The van der Waals surface area contributed by atoms with Crippen LogP contribution >= 0.6 is 0 Å². The normalized spacial score (nSPS) is 21.4. The number of rotatable bonds is 5. The highest BCUT2D eigenvalue weighted by atomic mass is 16.5. The lowest BCUT2D eigenvalue weighted by atomic mass is 9.88. The van der Waals surface area contributed by atoms with Crippen molar-refractivity contribution in [2.45, 2.75) is 58.5 Å². The first-order valence-electron chi connectivity index (χ1n) is 6.32. The fourth-order valence-corrected chi connectivity index (χ4v) is 2.09. The summed E-state index contributed by atoms with van der Waals surface area (Å²) < 4.78 is 10.7. The van der Waals surface area contributed by atoms with E-state index < -0.39 is 5.41 Å². The van der Waals surface area contributed by atoms with Crippen molar-refractivity contribution in [2.75, 3.05) is 13.7 Å². The summed E-state index contributed by atoms with van der Waals surface area (Å²) in [5.74, 6) is -0.161. The Morgan fingerprint density at radius 3 is 2.44 bits per heavy atom. The first-order valence-corrected chi connectivity index (χ1v) is 6.32. The average molecular weight is 228 g/mol. The summed E-state index contributed by atoms with van der Waals surface area (Å²) >= 11 is 0. The van der Waals surface area contributed by atoms with Gasteiger partial charge in [-0.05, 0) is 26.2 Å². The average Bonchev–Trinajstić information content (AvgIpc) is 2.36. The van der Waals surface area contributed by atoms with Gasteiger partial charge in [0.15, 0.2) is 0 Å². The molecule has 94 valence electrons. The zero-order valence-electron chi connectivity index (χ0n) is 10.8. The third-order valence-corrected chi connectivity index (χ3v) is 3.65. The van der Waals surface area contributed by atoms with E-state index in [4.69, 9.17) is 9.47 Å². The quantitative estimate of drug-likeness (QED) is 0.679. The van der Waals surface area contributed by atoms with Gasteiger partial charge in [0.05, 0.1) is 25.2 Å². The van der Waals surface area contributed by atoms with E-state index in [2.05, 4.69) is 0 Å². The Labute approximate surface area is 98.5 Å². The Hall–Kier alpha value is -0.570. The van der Waals surface area contributed by atoms with E-state index in [0.717, 1.165) is 19.3 Å². The molecule has 0 N–H and O–H groups in total. The van der Waals surface area contributed by atoms with Crippen LogP contribution in [0.2, 0.25) is 0 Å². The lowest BCUT2D eigenvalue weighted by Gasteiger charge is -2.29. The van der Waals surface area contributed by atoms with E-state index in [0.29, 0.717) is 12.7 Å². The molecular formula is C13H24O3. The monoisotopic (exact) mass is 228 g/mol. The zero-order valence-corrected chi connectivity index (χ0v) is 10.8. The van der Waals surface area contributed by atoms with Crippen molar-refractivity contribution in [1.29, 1.82) is 0 Å². The second-order valence-corrected chi connectivity index (χ2v) is 4.98. The van der Waals surface area contributed by atoms with Crippen molar-refractivity contribution in [3.63, 3.8) is 0 Å². The van der Waals surface area contributed by atoms with Gasteiger partial charge in [-0.15, -0.1) is 0 Å². The topological polar surface area (TPSA) is 35.5 Å². The van der Waals surface area contributed by atoms with Gasteiger partial charge in [-0.25, -0.2) is 0 Å². The van der Waals surface area contributed by atoms with Crippen molar-refractivity contribution in [2.24, 2.45) is 5.41 Å². The molecule has 0 radical (unpaired) electrons. The van der Waals surface area contributed by atoms with Crippen molar-refractivity contribution in [1.82, 2.24) is 0 Å². The number of carbonyl (C=O) groups is 1. The molecule has 0 aromatic heterocycles. The fourth-order valence-electron chi connectivity index (χ4n) is 2.09. The predicted molar refractivity (Wildman–Crippen MR) is 63.2 cm³/mol. The van der Waals surface area contributed by atoms with Crippen LogP contribution in [0.1, 0.15) is 52.4 Å². The van der Waals surface area contributed by atoms with Crippen molar-refractivity contribution >= 4 is 5.97 Å². The van der Waals surface area contributed by atoms with Gasteiger partial charge in [-0.1, -0.05) is 26.2 Å². The van der Waals surface area contributed by atoms with Crippen LogP contribution in [0, 0.1) is 5.41 Å². The maximum Gasteiger partial charge on any atom is 0.313 e. The number of hydrogen-bond acceptors (Lipinski definition) is 3. The van der Waals surface area contributed by atoms with Crippen LogP contribution in [-0.2, 0) is 14.3 Å². The second-order valence-electron chi connectivity index (χ2n) is 4.98. The largest absolute Gasteiger partial charge is 0.469 e. The zero-order chi connectivity index (χ0) is 12.0.